The summed E-state index contributed by atoms with van der Waals surface area (Å²) in [5.41, 5.74) is 3.63. The summed E-state index contributed by atoms with van der Waals surface area (Å²) in [6, 6.07) is 10.8. The lowest BCUT2D eigenvalue weighted by molar-refractivity contribution is 0.0595. The van der Waals surface area contributed by atoms with Crippen LogP contribution in [0.2, 0.25) is 0 Å². The van der Waals surface area contributed by atoms with Crippen molar-refractivity contribution in [2.45, 2.75) is 45.6 Å². The van der Waals surface area contributed by atoms with Gasteiger partial charge >= 0.3 is 5.97 Å². The van der Waals surface area contributed by atoms with Crippen LogP contribution >= 0.6 is 0 Å². The summed E-state index contributed by atoms with van der Waals surface area (Å²) in [6.07, 6.45) is 4.07. The third-order valence-electron chi connectivity index (χ3n) is 6.05. The van der Waals surface area contributed by atoms with Gasteiger partial charge in [-0.15, -0.1) is 0 Å². The average molecular weight is 423 g/mol. The van der Waals surface area contributed by atoms with Crippen LogP contribution in [0.1, 0.15) is 69.2 Å². The SMILES string of the molecule is CNC(=O)c1ccc(-c2ccc(C(=O)OC)c(C(=O)N[C@H]3CC[C@H](C)CC3)c2)cc1C. The molecule has 3 rings (SSSR count). The van der Waals surface area contributed by atoms with E-state index in [2.05, 4.69) is 17.6 Å². The Bertz CT molecular complexity index is 991. The van der Waals surface area contributed by atoms with Crippen LogP contribution in [-0.2, 0) is 4.74 Å². The number of rotatable bonds is 5. The number of aryl methyl sites for hydroxylation is 1. The molecule has 6 heteroatoms. The molecule has 6 nitrogen and oxygen atoms in total. The minimum Gasteiger partial charge on any atom is -0.465 e. The first-order chi connectivity index (χ1) is 14.8. The van der Waals surface area contributed by atoms with E-state index in [-0.39, 0.29) is 23.4 Å². The van der Waals surface area contributed by atoms with Crippen molar-refractivity contribution in [2.24, 2.45) is 5.92 Å². The van der Waals surface area contributed by atoms with E-state index < -0.39 is 5.97 Å². The predicted molar refractivity (Wildman–Crippen MR) is 120 cm³/mol. The number of carbonyl (C=O) groups is 3. The Morgan fingerprint density at radius 2 is 1.48 bits per heavy atom. The molecule has 0 aliphatic heterocycles. The zero-order chi connectivity index (χ0) is 22.5. The Morgan fingerprint density at radius 3 is 2.06 bits per heavy atom. The zero-order valence-electron chi connectivity index (χ0n) is 18.6. The average Bonchev–Trinajstić information content (AvgIpc) is 2.79. The fraction of sp³-hybridized carbons (Fsp3) is 0.400. The molecule has 1 aliphatic rings. The lowest BCUT2D eigenvalue weighted by Crippen LogP contribution is -2.38. The fourth-order valence-corrected chi connectivity index (χ4v) is 4.10. The first kappa shape index (κ1) is 22.5. The van der Waals surface area contributed by atoms with E-state index in [0.717, 1.165) is 42.4 Å². The molecule has 0 heterocycles. The molecule has 1 saturated carbocycles. The van der Waals surface area contributed by atoms with Crippen LogP contribution < -0.4 is 10.6 Å². The van der Waals surface area contributed by atoms with E-state index in [0.29, 0.717) is 17.0 Å². The maximum atomic E-state index is 13.1. The molecule has 0 aromatic heterocycles. The maximum absolute atomic E-state index is 13.1. The van der Waals surface area contributed by atoms with Crippen LogP contribution in [0.25, 0.3) is 11.1 Å². The molecule has 0 radical (unpaired) electrons. The summed E-state index contributed by atoms with van der Waals surface area (Å²) in [5, 5.41) is 5.73. The third-order valence-corrected chi connectivity index (χ3v) is 6.05. The second kappa shape index (κ2) is 9.77. The minimum absolute atomic E-state index is 0.118. The number of ether oxygens (including phenoxy) is 1. The summed E-state index contributed by atoms with van der Waals surface area (Å²) in [6.45, 7) is 4.10. The third kappa shape index (κ3) is 5.13. The molecule has 0 spiro atoms. The second-order valence-corrected chi connectivity index (χ2v) is 8.29. The molecule has 31 heavy (non-hydrogen) atoms. The molecule has 2 amide bonds. The number of methoxy groups -OCH3 is 1. The van der Waals surface area contributed by atoms with Crippen molar-refractivity contribution in [2.75, 3.05) is 14.2 Å². The van der Waals surface area contributed by atoms with Crippen molar-refractivity contribution in [3.05, 3.63) is 58.7 Å². The number of nitrogens with one attached hydrogen (secondary N) is 2. The molecule has 1 aliphatic carbocycles. The van der Waals surface area contributed by atoms with Crippen molar-refractivity contribution in [1.29, 1.82) is 0 Å². The minimum atomic E-state index is -0.542. The van der Waals surface area contributed by atoms with Gasteiger partial charge in [0, 0.05) is 18.7 Å². The van der Waals surface area contributed by atoms with Gasteiger partial charge in [-0.25, -0.2) is 4.79 Å². The van der Waals surface area contributed by atoms with Gasteiger partial charge in [-0.3, -0.25) is 9.59 Å². The molecule has 2 N–H and O–H groups in total. The molecule has 0 atom stereocenters. The molecule has 0 bridgehead atoms. The first-order valence-corrected chi connectivity index (χ1v) is 10.7. The summed E-state index contributed by atoms with van der Waals surface area (Å²) >= 11 is 0. The molecule has 164 valence electrons. The number of carbonyl (C=O) groups excluding carboxylic acids is 3. The monoisotopic (exact) mass is 422 g/mol. The van der Waals surface area contributed by atoms with Gasteiger partial charge in [-0.2, -0.15) is 0 Å². The van der Waals surface area contributed by atoms with Crippen molar-refractivity contribution >= 4 is 17.8 Å². The Morgan fingerprint density at radius 1 is 0.871 bits per heavy atom. The van der Waals surface area contributed by atoms with Gasteiger partial charge in [0.05, 0.1) is 18.2 Å². The van der Waals surface area contributed by atoms with Crippen LogP contribution in [0.3, 0.4) is 0 Å². The lowest BCUT2D eigenvalue weighted by atomic mass is 9.87. The van der Waals surface area contributed by atoms with E-state index in [9.17, 15) is 14.4 Å². The van der Waals surface area contributed by atoms with Crippen molar-refractivity contribution < 1.29 is 19.1 Å². The van der Waals surface area contributed by atoms with Crippen LogP contribution in [0, 0.1) is 12.8 Å². The summed E-state index contributed by atoms with van der Waals surface area (Å²) in [5.74, 6) is -0.268. The fourth-order valence-electron chi connectivity index (χ4n) is 4.10. The van der Waals surface area contributed by atoms with E-state index in [1.807, 2.05) is 19.1 Å². The Labute approximate surface area is 183 Å². The first-order valence-electron chi connectivity index (χ1n) is 10.7. The number of hydrogen-bond donors (Lipinski definition) is 2. The highest BCUT2D eigenvalue weighted by Crippen LogP contribution is 2.27. The van der Waals surface area contributed by atoms with Crippen molar-refractivity contribution in [3.8, 4) is 11.1 Å². The van der Waals surface area contributed by atoms with Gasteiger partial charge in [0.1, 0.15) is 0 Å². The Balaban J connectivity index is 1.93. The van der Waals surface area contributed by atoms with Gasteiger partial charge in [0.15, 0.2) is 0 Å². The quantitative estimate of drug-likeness (QED) is 0.710. The second-order valence-electron chi connectivity index (χ2n) is 8.29. The van der Waals surface area contributed by atoms with Crippen LogP contribution in [0.15, 0.2) is 36.4 Å². The van der Waals surface area contributed by atoms with Crippen LogP contribution in [0.4, 0.5) is 0 Å². The molecule has 0 unspecified atom stereocenters. The number of esters is 1. The van der Waals surface area contributed by atoms with E-state index in [1.54, 1.807) is 31.3 Å². The van der Waals surface area contributed by atoms with Gasteiger partial charge < -0.3 is 15.4 Å². The maximum Gasteiger partial charge on any atom is 0.338 e. The van der Waals surface area contributed by atoms with Crippen LogP contribution in [0.5, 0.6) is 0 Å². The van der Waals surface area contributed by atoms with Gasteiger partial charge in [0.2, 0.25) is 0 Å². The number of benzene rings is 2. The molecular formula is C25H30N2O4. The molecular weight excluding hydrogens is 392 g/mol. The van der Waals surface area contributed by atoms with E-state index in [4.69, 9.17) is 4.74 Å². The Hall–Kier alpha value is -3.15. The van der Waals surface area contributed by atoms with Gasteiger partial charge in [-0.05, 0) is 73.4 Å². The zero-order valence-corrected chi connectivity index (χ0v) is 18.6. The van der Waals surface area contributed by atoms with Crippen molar-refractivity contribution in [1.82, 2.24) is 10.6 Å². The van der Waals surface area contributed by atoms with Crippen LogP contribution in [-0.4, -0.2) is 38.0 Å². The van der Waals surface area contributed by atoms with Gasteiger partial charge in [-0.1, -0.05) is 25.1 Å². The lowest BCUT2D eigenvalue weighted by Gasteiger charge is -2.27. The summed E-state index contributed by atoms with van der Waals surface area (Å²) < 4.78 is 4.89. The normalized spacial score (nSPS) is 18.2. The smallest absolute Gasteiger partial charge is 0.338 e. The van der Waals surface area contributed by atoms with E-state index >= 15 is 0 Å². The number of amides is 2. The standard InChI is InChI=1S/C25H30N2O4/c1-15-5-9-19(10-6-15)27-24(29)22-14-18(8-12-21(22)25(30)31-4)17-7-11-20(16(2)13-17)23(28)26-3/h7-8,11-15,19H,5-6,9-10H2,1-4H3,(H,26,28)(H,27,29)/t15-,19-. The topological polar surface area (TPSA) is 84.5 Å². The highest BCUT2D eigenvalue weighted by atomic mass is 16.5. The summed E-state index contributed by atoms with van der Waals surface area (Å²) in [7, 11) is 2.90. The Kier molecular flexibility index (Phi) is 7.10. The van der Waals surface area contributed by atoms with Crippen molar-refractivity contribution in [3.63, 3.8) is 0 Å². The largest absolute Gasteiger partial charge is 0.465 e. The molecule has 2 aromatic rings. The molecule has 1 fully saturated rings. The molecule has 2 aromatic carbocycles. The molecule has 0 saturated heterocycles. The number of hydrogen-bond acceptors (Lipinski definition) is 4. The highest BCUT2D eigenvalue weighted by molar-refractivity contribution is 6.06. The highest BCUT2D eigenvalue weighted by Gasteiger charge is 2.24. The van der Waals surface area contributed by atoms with E-state index in [1.165, 1.54) is 7.11 Å². The summed E-state index contributed by atoms with van der Waals surface area (Å²) in [4.78, 5) is 37.4. The predicted octanol–water partition coefficient (Wildman–Crippen LogP) is 4.12. The van der Waals surface area contributed by atoms with Gasteiger partial charge in [0.25, 0.3) is 11.8 Å².